The zero-order chi connectivity index (χ0) is 14.0. The largest absolute Gasteiger partial charge is 0.376 e. The maximum atomic E-state index is 13.7. The third-order valence-corrected chi connectivity index (χ3v) is 3.68. The molecule has 0 fully saturated rings. The molecule has 2 aromatic rings. The van der Waals surface area contributed by atoms with E-state index < -0.39 is 0 Å². The zero-order valence-corrected chi connectivity index (χ0v) is 12.2. The standard InChI is InChI=1S/C15H14Cl2FN/c1-9-3-6-14(18)15(7-9)19-10(2)11-4-5-12(16)13(17)8-11/h3-8,10,19H,1-2H3. The molecule has 1 nitrogen and oxygen atoms in total. The van der Waals surface area contributed by atoms with Crippen molar-refractivity contribution in [3.63, 3.8) is 0 Å². The summed E-state index contributed by atoms with van der Waals surface area (Å²) in [5, 5.41) is 4.15. The molecule has 100 valence electrons. The second-order valence-corrected chi connectivity index (χ2v) is 5.34. The Morgan fingerprint density at radius 3 is 2.47 bits per heavy atom. The van der Waals surface area contributed by atoms with Crippen LogP contribution in [0.1, 0.15) is 24.1 Å². The molecule has 0 bridgehead atoms. The normalized spacial score (nSPS) is 12.3. The fourth-order valence-electron chi connectivity index (χ4n) is 1.85. The van der Waals surface area contributed by atoms with E-state index in [4.69, 9.17) is 23.2 Å². The molecule has 0 aliphatic heterocycles. The van der Waals surface area contributed by atoms with Crippen LogP contribution in [0.3, 0.4) is 0 Å². The molecule has 0 saturated heterocycles. The maximum Gasteiger partial charge on any atom is 0.146 e. The number of benzene rings is 2. The minimum absolute atomic E-state index is 0.0638. The quantitative estimate of drug-likeness (QED) is 0.776. The zero-order valence-electron chi connectivity index (χ0n) is 10.7. The smallest absolute Gasteiger partial charge is 0.146 e. The van der Waals surface area contributed by atoms with E-state index >= 15 is 0 Å². The van der Waals surface area contributed by atoms with Gasteiger partial charge in [-0.25, -0.2) is 4.39 Å². The van der Waals surface area contributed by atoms with Gasteiger partial charge in [0.05, 0.1) is 15.7 Å². The highest BCUT2D eigenvalue weighted by atomic mass is 35.5. The first-order chi connectivity index (χ1) is 8.97. The first-order valence-corrected chi connectivity index (χ1v) is 6.70. The highest BCUT2D eigenvalue weighted by molar-refractivity contribution is 6.42. The average Bonchev–Trinajstić information content (AvgIpc) is 2.37. The number of aryl methyl sites for hydroxylation is 1. The summed E-state index contributed by atoms with van der Waals surface area (Å²) >= 11 is 11.9. The molecule has 0 radical (unpaired) electrons. The van der Waals surface area contributed by atoms with E-state index in [0.717, 1.165) is 11.1 Å². The van der Waals surface area contributed by atoms with Gasteiger partial charge in [-0.2, -0.15) is 0 Å². The summed E-state index contributed by atoms with van der Waals surface area (Å²) in [4.78, 5) is 0. The van der Waals surface area contributed by atoms with Crippen molar-refractivity contribution in [3.8, 4) is 0 Å². The van der Waals surface area contributed by atoms with Gasteiger partial charge in [0.25, 0.3) is 0 Å². The molecule has 1 unspecified atom stereocenters. The van der Waals surface area contributed by atoms with E-state index in [1.807, 2.05) is 19.9 Å². The Balaban J connectivity index is 2.22. The van der Waals surface area contributed by atoms with Crippen molar-refractivity contribution in [1.82, 2.24) is 0 Å². The van der Waals surface area contributed by atoms with E-state index in [-0.39, 0.29) is 11.9 Å². The Kier molecular flexibility index (Phi) is 4.33. The Hall–Kier alpha value is -1.25. The third-order valence-electron chi connectivity index (χ3n) is 2.94. The van der Waals surface area contributed by atoms with Crippen molar-refractivity contribution in [2.45, 2.75) is 19.9 Å². The van der Waals surface area contributed by atoms with Gasteiger partial charge in [0.2, 0.25) is 0 Å². The van der Waals surface area contributed by atoms with Gasteiger partial charge < -0.3 is 5.32 Å². The van der Waals surface area contributed by atoms with Gasteiger partial charge in [0.1, 0.15) is 5.82 Å². The van der Waals surface area contributed by atoms with Crippen LogP contribution in [0.2, 0.25) is 10.0 Å². The van der Waals surface area contributed by atoms with Crippen LogP contribution < -0.4 is 5.32 Å². The van der Waals surface area contributed by atoms with Gasteiger partial charge in [-0.15, -0.1) is 0 Å². The number of halogens is 3. The molecule has 2 aromatic carbocycles. The van der Waals surface area contributed by atoms with Gasteiger partial charge in [-0.3, -0.25) is 0 Å². The number of nitrogens with one attached hydrogen (secondary N) is 1. The molecule has 0 saturated carbocycles. The molecule has 0 amide bonds. The van der Waals surface area contributed by atoms with E-state index in [1.54, 1.807) is 24.3 Å². The molecule has 19 heavy (non-hydrogen) atoms. The molecule has 2 rings (SSSR count). The van der Waals surface area contributed by atoms with Crippen molar-refractivity contribution >= 4 is 28.9 Å². The van der Waals surface area contributed by atoms with Crippen LogP contribution >= 0.6 is 23.2 Å². The Labute approximate surface area is 122 Å². The second kappa shape index (κ2) is 5.81. The number of hydrogen-bond donors (Lipinski definition) is 1. The molecule has 0 aromatic heterocycles. The highest BCUT2D eigenvalue weighted by Gasteiger charge is 2.10. The molecule has 0 heterocycles. The van der Waals surface area contributed by atoms with Gasteiger partial charge in [0.15, 0.2) is 0 Å². The summed E-state index contributed by atoms with van der Waals surface area (Å²) in [6, 6.07) is 10.3. The lowest BCUT2D eigenvalue weighted by Gasteiger charge is -2.17. The maximum absolute atomic E-state index is 13.7. The van der Waals surface area contributed by atoms with Gasteiger partial charge in [0, 0.05) is 6.04 Å². The molecule has 0 spiro atoms. The Bertz CT molecular complexity index is 599. The van der Waals surface area contributed by atoms with Gasteiger partial charge >= 0.3 is 0 Å². The van der Waals surface area contributed by atoms with Gasteiger partial charge in [-0.05, 0) is 49.2 Å². The summed E-state index contributed by atoms with van der Waals surface area (Å²) < 4.78 is 13.7. The fraction of sp³-hybridized carbons (Fsp3) is 0.200. The lowest BCUT2D eigenvalue weighted by molar-refractivity contribution is 0.627. The van der Waals surface area contributed by atoms with Crippen molar-refractivity contribution in [3.05, 3.63) is 63.4 Å². The summed E-state index contributed by atoms with van der Waals surface area (Å²) in [5.41, 5.74) is 2.44. The minimum atomic E-state index is -0.266. The van der Waals surface area contributed by atoms with Crippen LogP contribution in [0, 0.1) is 12.7 Å². The molecule has 4 heteroatoms. The van der Waals surface area contributed by atoms with Crippen LogP contribution in [0.4, 0.5) is 10.1 Å². The van der Waals surface area contributed by atoms with E-state index in [0.29, 0.717) is 15.7 Å². The molecule has 0 aliphatic carbocycles. The predicted molar refractivity (Wildman–Crippen MR) is 79.6 cm³/mol. The van der Waals surface area contributed by atoms with Crippen LogP contribution in [0.5, 0.6) is 0 Å². The predicted octanol–water partition coefficient (Wildman–Crippen LogP) is 5.61. The molecule has 0 aliphatic rings. The van der Waals surface area contributed by atoms with E-state index in [9.17, 15) is 4.39 Å². The van der Waals surface area contributed by atoms with Crippen molar-refractivity contribution in [1.29, 1.82) is 0 Å². The number of rotatable bonds is 3. The monoisotopic (exact) mass is 297 g/mol. The van der Waals surface area contributed by atoms with Gasteiger partial charge in [-0.1, -0.05) is 35.3 Å². The summed E-state index contributed by atoms with van der Waals surface area (Å²) in [5.74, 6) is -0.266. The summed E-state index contributed by atoms with van der Waals surface area (Å²) in [6.07, 6.45) is 0. The summed E-state index contributed by atoms with van der Waals surface area (Å²) in [7, 11) is 0. The fourth-order valence-corrected chi connectivity index (χ4v) is 2.15. The second-order valence-electron chi connectivity index (χ2n) is 4.52. The van der Waals surface area contributed by atoms with Crippen LogP contribution in [0.25, 0.3) is 0 Å². The number of anilines is 1. The lowest BCUT2D eigenvalue weighted by atomic mass is 10.1. The van der Waals surface area contributed by atoms with Crippen LogP contribution in [-0.2, 0) is 0 Å². The van der Waals surface area contributed by atoms with Crippen LogP contribution in [0.15, 0.2) is 36.4 Å². The van der Waals surface area contributed by atoms with E-state index in [1.165, 1.54) is 6.07 Å². The number of hydrogen-bond acceptors (Lipinski definition) is 1. The Morgan fingerprint density at radius 1 is 1.05 bits per heavy atom. The molecular weight excluding hydrogens is 284 g/mol. The summed E-state index contributed by atoms with van der Waals surface area (Å²) in [6.45, 7) is 3.87. The highest BCUT2D eigenvalue weighted by Crippen LogP contribution is 2.28. The first-order valence-electron chi connectivity index (χ1n) is 5.95. The Morgan fingerprint density at radius 2 is 1.79 bits per heavy atom. The molecular formula is C15H14Cl2FN. The third kappa shape index (κ3) is 3.40. The molecule has 1 atom stereocenters. The van der Waals surface area contributed by atoms with Crippen LogP contribution in [-0.4, -0.2) is 0 Å². The lowest BCUT2D eigenvalue weighted by Crippen LogP contribution is -2.08. The molecule has 1 N–H and O–H groups in total. The van der Waals surface area contributed by atoms with Crippen molar-refractivity contribution < 1.29 is 4.39 Å². The SMILES string of the molecule is Cc1ccc(F)c(NC(C)c2ccc(Cl)c(Cl)c2)c1. The topological polar surface area (TPSA) is 12.0 Å². The minimum Gasteiger partial charge on any atom is -0.376 e. The van der Waals surface area contributed by atoms with E-state index in [2.05, 4.69) is 5.32 Å². The first kappa shape index (κ1) is 14.2. The van der Waals surface area contributed by atoms with Crippen molar-refractivity contribution in [2.24, 2.45) is 0 Å². The average molecular weight is 298 g/mol. The van der Waals surface area contributed by atoms with Crippen molar-refractivity contribution in [2.75, 3.05) is 5.32 Å².